The average Bonchev–Trinajstić information content (AvgIpc) is 3.11. The van der Waals surface area contributed by atoms with Crippen LogP contribution in [0.25, 0.3) is 6.08 Å². The number of nitro benzene ring substituents is 1. The van der Waals surface area contributed by atoms with Crippen LogP contribution in [0, 0.1) is 17.0 Å². The van der Waals surface area contributed by atoms with Gasteiger partial charge in [0.15, 0.2) is 11.5 Å². The molecule has 0 unspecified atom stereocenters. The quantitative estimate of drug-likeness (QED) is 0.127. The van der Waals surface area contributed by atoms with Crippen molar-refractivity contribution >= 4 is 61.9 Å². The van der Waals surface area contributed by atoms with Crippen molar-refractivity contribution in [3.05, 3.63) is 102 Å². The van der Waals surface area contributed by atoms with Crippen LogP contribution in [0.2, 0.25) is 0 Å². The van der Waals surface area contributed by atoms with Crippen LogP contribution in [0.1, 0.15) is 22.3 Å². The number of nitro groups is 1. The zero-order valence-electron chi connectivity index (χ0n) is 19.4. The molecule has 0 atom stereocenters. The Morgan fingerprint density at radius 1 is 1.14 bits per heavy atom. The second-order valence-electron chi connectivity index (χ2n) is 8.00. The van der Waals surface area contributed by atoms with Gasteiger partial charge in [-0.1, -0.05) is 65.9 Å². The number of benzene rings is 3. The van der Waals surface area contributed by atoms with Crippen LogP contribution in [0.3, 0.4) is 0 Å². The molecule has 3 aromatic rings. The maximum Gasteiger partial charge on any atom is 0.269 e. The van der Waals surface area contributed by atoms with Gasteiger partial charge in [-0.15, -0.1) is 0 Å². The van der Waals surface area contributed by atoms with E-state index in [4.69, 9.17) is 21.7 Å². The Hall–Kier alpha value is -3.21. The summed E-state index contributed by atoms with van der Waals surface area (Å²) < 4.78 is 12.6. The van der Waals surface area contributed by atoms with Gasteiger partial charge in [-0.25, -0.2) is 0 Å². The number of rotatable bonds is 8. The normalized spacial score (nSPS) is 14.4. The van der Waals surface area contributed by atoms with Gasteiger partial charge in [-0.3, -0.25) is 19.8 Å². The van der Waals surface area contributed by atoms with E-state index in [1.54, 1.807) is 29.2 Å². The van der Waals surface area contributed by atoms with Gasteiger partial charge in [0, 0.05) is 12.1 Å². The molecular weight excluding hydrogens is 564 g/mol. The first-order valence-corrected chi connectivity index (χ1v) is 12.8. The summed E-state index contributed by atoms with van der Waals surface area (Å²) in [5, 5.41) is 11.0. The number of ether oxygens (including phenoxy) is 2. The molecule has 7 nitrogen and oxygen atoms in total. The zero-order chi connectivity index (χ0) is 25.8. The predicted molar refractivity (Wildman–Crippen MR) is 148 cm³/mol. The lowest BCUT2D eigenvalue weighted by molar-refractivity contribution is -0.384. The number of hydrogen-bond donors (Lipinski definition) is 0. The highest BCUT2D eigenvalue weighted by atomic mass is 79.9. The Balaban J connectivity index is 1.52. The van der Waals surface area contributed by atoms with Crippen molar-refractivity contribution in [2.75, 3.05) is 7.11 Å². The maximum absolute atomic E-state index is 13.1. The summed E-state index contributed by atoms with van der Waals surface area (Å²) >= 11 is 10.2. The number of thiocarbonyl (C=S) groups is 1. The smallest absolute Gasteiger partial charge is 0.269 e. The van der Waals surface area contributed by atoms with Crippen LogP contribution in [-0.2, 0) is 17.9 Å². The molecule has 0 N–H and O–H groups in total. The van der Waals surface area contributed by atoms with E-state index in [0.717, 1.165) is 16.7 Å². The first-order chi connectivity index (χ1) is 17.2. The van der Waals surface area contributed by atoms with E-state index in [0.29, 0.717) is 37.3 Å². The number of nitrogens with zero attached hydrogens (tertiary/aromatic N) is 2. The number of amides is 1. The molecule has 184 valence electrons. The highest BCUT2D eigenvalue weighted by molar-refractivity contribution is 9.10. The van der Waals surface area contributed by atoms with Crippen LogP contribution in [0.15, 0.2) is 70.0 Å². The Morgan fingerprint density at radius 2 is 1.89 bits per heavy atom. The number of methoxy groups -OCH3 is 1. The standard InChI is InChI=1S/C26H21BrN2O5S2/c1-16-6-8-17(9-7-16)14-28-25(30)23(36-26(28)35)13-19-11-21(27)24(22(12-19)33-2)34-15-18-4-3-5-20(10-18)29(31)32/h3-13H,14-15H2,1-2H3/b23-13-. The molecule has 0 aromatic heterocycles. The first kappa shape index (κ1) is 25.9. The lowest BCUT2D eigenvalue weighted by atomic mass is 10.1. The van der Waals surface area contributed by atoms with Crippen molar-refractivity contribution in [2.45, 2.75) is 20.1 Å². The molecule has 10 heteroatoms. The van der Waals surface area contributed by atoms with E-state index in [2.05, 4.69) is 15.9 Å². The highest BCUT2D eigenvalue weighted by Gasteiger charge is 2.32. The minimum Gasteiger partial charge on any atom is -0.493 e. The fourth-order valence-electron chi connectivity index (χ4n) is 3.54. The van der Waals surface area contributed by atoms with Gasteiger partial charge in [-0.2, -0.15) is 0 Å². The summed E-state index contributed by atoms with van der Waals surface area (Å²) in [5.41, 5.74) is 3.54. The molecule has 0 saturated carbocycles. The summed E-state index contributed by atoms with van der Waals surface area (Å²) in [4.78, 5) is 25.8. The minimum atomic E-state index is -0.446. The van der Waals surface area contributed by atoms with Gasteiger partial charge >= 0.3 is 0 Å². The zero-order valence-corrected chi connectivity index (χ0v) is 22.6. The molecule has 1 aliphatic heterocycles. The number of halogens is 1. The van der Waals surface area contributed by atoms with Crippen LogP contribution in [0.5, 0.6) is 11.5 Å². The van der Waals surface area contributed by atoms with E-state index in [9.17, 15) is 14.9 Å². The largest absolute Gasteiger partial charge is 0.493 e. The molecule has 1 fully saturated rings. The molecule has 3 aromatic carbocycles. The number of carbonyl (C=O) groups excluding carboxylic acids is 1. The van der Waals surface area contributed by atoms with E-state index in [1.165, 1.54) is 31.0 Å². The van der Waals surface area contributed by atoms with Crippen molar-refractivity contribution in [3.63, 3.8) is 0 Å². The molecule has 36 heavy (non-hydrogen) atoms. The van der Waals surface area contributed by atoms with Crippen LogP contribution >= 0.6 is 39.9 Å². The lowest BCUT2D eigenvalue weighted by Gasteiger charge is -2.15. The van der Waals surface area contributed by atoms with E-state index in [1.807, 2.05) is 37.3 Å². The Kier molecular flexibility index (Phi) is 8.07. The topological polar surface area (TPSA) is 81.9 Å². The molecule has 1 saturated heterocycles. The van der Waals surface area contributed by atoms with Crippen LogP contribution in [0.4, 0.5) is 5.69 Å². The fraction of sp³-hybridized carbons (Fsp3) is 0.154. The van der Waals surface area contributed by atoms with E-state index in [-0.39, 0.29) is 18.2 Å². The molecule has 1 heterocycles. The molecule has 1 amide bonds. The summed E-state index contributed by atoms with van der Waals surface area (Å²) in [6, 6.07) is 17.8. The van der Waals surface area contributed by atoms with E-state index < -0.39 is 4.92 Å². The van der Waals surface area contributed by atoms with E-state index >= 15 is 0 Å². The summed E-state index contributed by atoms with van der Waals surface area (Å²) in [5.74, 6) is 0.760. The highest BCUT2D eigenvalue weighted by Crippen LogP contribution is 2.40. The SMILES string of the molecule is COc1cc(/C=C2\SC(=S)N(Cc3ccc(C)cc3)C2=O)cc(Br)c1OCc1cccc([N+](=O)[O-])c1. The van der Waals surface area contributed by atoms with Gasteiger partial charge in [0.2, 0.25) is 0 Å². The van der Waals surface area contributed by atoms with Crippen LogP contribution < -0.4 is 9.47 Å². The lowest BCUT2D eigenvalue weighted by Crippen LogP contribution is -2.27. The fourth-order valence-corrected chi connectivity index (χ4v) is 5.37. The molecule has 0 spiro atoms. The summed E-state index contributed by atoms with van der Waals surface area (Å²) in [6.45, 7) is 2.55. The monoisotopic (exact) mass is 584 g/mol. The maximum atomic E-state index is 13.1. The number of carbonyl (C=O) groups is 1. The van der Waals surface area contributed by atoms with Crippen molar-refractivity contribution in [3.8, 4) is 11.5 Å². The Labute approximate surface area is 226 Å². The summed E-state index contributed by atoms with van der Waals surface area (Å²) in [6.07, 6.45) is 1.77. The van der Waals surface area contributed by atoms with Gasteiger partial charge in [0.25, 0.3) is 11.6 Å². The third-order valence-electron chi connectivity index (χ3n) is 5.39. The van der Waals surface area contributed by atoms with Crippen molar-refractivity contribution in [2.24, 2.45) is 0 Å². The van der Waals surface area contributed by atoms with Gasteiger partial charge in [0.1, 0.15) is 10.9 Å². The molecular formula is C26H21BrN2O5S2. The third-order valence-corrected chi connectivity index (χ3v) is 7.36. The molecule has 1 aliphatic rings. The Morgan fingerprint density at radius 3 is 2.58 bits per heavy atom. The first-order valence-electron chi connectivity index (χ1n) is 10.8. The molecule has 4 rings (SSSR count). The number of aryl methyl sites for hydroxylation is 1. The van der Waals surface area contributed by atoms with Gasteiger partial charge in [-0.05, 0) is 57.8 Å². The number of thioether (sulfide) groups is 1. The number of hydrogen-bond acceptors (Lipinski definition) is 7. The number of non-ortho nitro benzene ring substituents is 1. The molecule has 0 aliphatic carbocycles. The van der Waals surface area contributed by atoms with Crippen molar-refractivity contribution in [1.82, 2.24) is 4.90 Å². The minimum absolute atomic E-state index is 0.00262. The molecule has 0 radical (unpaired) electrons. The van der Waals surface area contributed by atoms with Crippen molar-refractivity contribution < 1.29 is 19.2 Å². The Bertz CT molecular complexity index is 1380. The van der Waals surface area contributed by atoms with Gasteiger partial charge < -0.3 is 9.47 Å². The second kappa shape index (κ2) is 11.2. The average molecular weight is 586 g/mol. The molecule has 0 bridgehead atoms. The van der Waals surface area contributed by atoms with Crippen LogP contribution in [-0.4, -0.2) is 27.2 Å². The third kappa shape index (κ3) is 5.95. The van der Waals surface area contributed by atoms with Gasteiger partial charge in [0.05, 0.1) is 28.0 Å². The predicted octanol–water partition coefficient (Wildman–Crippen LogP) is 6.65. The summed E-state index contributed by atoms with van der Waals surface area (Å²) in [7, 11) is 1.52. The second-order valence-corrected chi connectivity index (χ2v) is 10.5. The van der Waals surface area contributed by atoms with Crippen molar-refractivity contribution in [1.29, 1.82) is 0 Å².